The van der Waals surface area contributed by atoms with Crippen LogP contribution in [0.3, 0.4) is 0 Å². The number of hydrogen-bond acceptors (Lipinski definition) is 5. The van der Waals surface area contributed by atoms with Crippen molar-refractivity contribution in [1.29, 1.82) is 0 Å². The molecule has 2 aromatic heterocycles. The van der Waals surface area contributed by atoms with Crippen molar-refractivity contribution in [3.8, 4) is 11.3 Å². The maximum Gasteiger partial charge on any atom is 0.259 e. The number of halogens is 1. The minimum Gasteiger partial charge on any atom is -0.337 e. The highest BCUT2D eigenvalue weighted by Crippen LogP contribution is 2.28. The molecule has 0 spiro atoms. The largest absolute Gasteiger partial charge is 0.337 e. The van der Waals surface area contributed by atoms with Crippen LogP contribution in [0.4, 0.5) is 4.39 Å². The van der Waals surface area contributed by atoms with Crippen molar-refractivity contribution in [3.63, 3.8) is 0 Å². The van der Waals surface area contributed by atoms with E-state index in [0.717, 1.165) is 6.42 Å². The second-order valence-electron chi connectivity index (χ2n) is 6.31. The Morgan fingerprint density at radius 3 is 2.80 bits per heavy atom. The van der Waals surface area contributed by atoms with Gasteiger partial charge in [0.1, 0.15) is 5.82 Å². The van der Waals surface area contributed by atoms with E-state index >= 15 is 0 Å². The average molecular weight is 340 g/mol. The van der Waals surface area contributed by atoms with Crippen molar-refractivity contribution < 1.29 is 13.7 Å². The number of amides is 1. The van der Waals surface area contributed by atoms with Gasteiger partial charge >= 0.3 is 0 Å². The molecular formula is C18H17FN4O2. The van der Waals surface area contributed by atoms with Crippen LogP contribution in [0.25, 0.3) is 22.4 Å². The molecule has 0 unspecified atom stereocenters. The van der Waals surface area contributed by atoms with Crippen LogP contribution in [-0.4, -0.2) is 40.1 Å². The van der Waals surface area contributed by atoms with Gasteiger partial charge in [-0.3, -0.25) is 4.79 Å². The van der Waals surface area contributed by atoms with Crippen molar-refractivity contribution in [2.45, 2.75) is 19.4 Å². The molecule has 1 saturated heterocycles. The Kier molecular flexibility index (Phi) is 3.73. The van der Waals surface area contributed by atoms with Crippen LogP contribution >= 0.6 is 0 Å². The molecule has 3 aromatic rings. The number of aryl methyl sites for hydroxylation is 1. The zero-order valence-electron chi connectivity index (χ0n) is 13.7. The summed E-state index contributed by atoms with van der Waals surface area (Å²) in [6, 6.07) is 7.66. The molecule has 1 aliphatic heterocycles. The number of fused-ring (bicyclic) bond motifs is 1. The maximum atomic E-state index is 13.2. The summed E-state index contributed by atoms with van der Waals surface area (Å²) >= 11 is 0. The minimum atomic E-state index is -0.331. The highest BCUT2D eigenvalue weighted by molar-refractivity contribution is 6.07. The predicted molar refractivity (Wildman–Crippen MR) is 90.4 cm³/mol. The number of hydrogen-bond donors (Lipinski definition) is 1. The average Bonchev–Trinajstić information content (AvgIpc) is 3.20. The van der Waals surface area contributed by atoms with E-state index in [-0.39, 0.29) is 17.8 Å². The third-order valence-corrected chi connectivity index (χ3v) is 4.50. The summed E-state index contributed by atoms with van der Waals surface area (Å²) in [5.74, 6) is -0.447. The molecule has 1 aliphatic rings. The second kappa shape index (κ2) is 5.93. The van der Waals surface area contributed by atoms with E-state index in [4.69, 9.17) is 10.3 Å². The van der Waals surface area contributed by atoms with Crippen molar-refractivity contribution in [1.82, 2.24) is 15.0 Å². The Morgan fingerprint density at radius 2 is 2.12 bits per heavy atom. The standard InChI is InChI=1S/C18H17FN4O2/c1-10-16-14(18(24)23-7-6-13(20)9-23)8-15(21-17(16)25-22-10)11-2-4-12(19)5-3-11/h2-5,8,13H,6-7,9,20H2,1H3/t13-/m1/s1. The molecule has 4 rings (SSSR count). The van der Waals surface area contributed by atoms with E-state index in [1.807, 2.05) is 0 Å². The molecular weight excluding hydrogens is 323 g/mol. The Morgan fingerprint density at radius 1 is 1.36 bits per heavy atom. The first-order chi connectivity index (χ1) is 12.0. The topological polar surface area (TPSA) is 85.2 Å². The normalized spacial score (nSPS) is 17.4. The van der Waals surface area contributed by atoms with E-state index in [0.29, 0.717) is 46.7 Å². The SMILES string of the molecule is Cc1noc2nc(-c3ccc(F)cc3)cc(C(=O)N3CC[C@@H](N)C3)c12. The molecule has 7 heteroatoms. The summed E-state index contributed by atoms with van der Waals surface area (Å²) in [6.07, 6.45) is 0.785. The number of pyridine rings is 1. The number of nitrogens with zero attached hydrogens (tertiary/aromatic N) is 3. The molecule has 1 aromatic carbocycles. The number of nitrogens with two attached hydrogens (primary N) is 1. The quantitative estimate of drug-likeness (QED) is 0.775. The molecule has 0 bridgehead atoms. The Bertz CT molecular complexity index is 952. The number of carbonyl (C=O) groups excluding carboxylic acids is 1. The number of carbonyl (C=O) groups is 1. The first kappa shape index (κ1) is 15.7. The number of aromatic nitrogens is 2. The molecule has 128 valence electrons. The Balaban J connectivity index is 1.85. The van der Waals surface area contributed by atoms with E-state index in [1.165, 1.54) is 12.1 Å². The van der Waals surface area contributed by atoms with Crippen LogP contribution < -0.4 is 5.73 Å². The maximum absolute atomic E-state index is 13.2. The van der Waals surface area contributed by atoms with E-state index in [9.17, 15) is 9.18 Å². The molecule has 2 N–H and O–H groups in total. The second-order valence-corrected chi connectivity index (χ2v) is 6.31. The van der Waals surface area contributed by atoms with Gasteiger partial charge in [-0.05, 0) is 43.7 Å². The summed E-state index contributed by atoms with van der Waals surface area (Å²) in [5.41, 5.74) is 8.55. The van der Waals surface area contributed by atoms with E-state index in [2.05, 4.69) is 10.1 Å². The van der Waals surface area contributed by atoms with Gasteiger partial charge in [0.05, 0.1) is 22.3 Å². The third-order valence-electron chi connectivity index (χ3n) is 4.50. The molecule has 1 fully saturated rings. The first-order valence-corrected chi connectivity index (χ1v) is 8.11. The van der Waals surface area contributed by atoms with Crippen molar-refractivity contribution >= 4 is 17.0 Å². The molecule has 1 amide bonds. The van der Waals surface area contributed by atoms with Crippen LogP contribution in [0.1, 0.15) is 22.5 Å². The molecule has 6 nitrogen and oxygen atoms in total. The number of benzene rings is 1. The van der Waals surface area contributed by atoms with Gasteiger partial charge in [-0.2, -0.15) is 0 Å². The Labute approximate surface area is 143 Å². The summed E-state index contributed by atoms with van der Waals surface area (Å²) in [7, 11) is 0. The van der Waals surface area contributed by atoms with Crippen molar-refractivity contribution in [3.05, 3.63) is 47.4 Å². The van der Waals surface area contributed by atoms with Crippen LogP contribution in [0.5, 0.6) is 0 Å². The molecule has 1 atom stereocenters. The number of rotatable bonds is 2. The van der Waals surface area contributed by atoms with E-state index in [1.54, 1.807) is 30.0 Å². The van der Waals surface area contributed by atoms with Gasteiger partial charge in [0.15, 0.2) is 0 Å². The van der Waals surface area contributed by atoms with Crippen LogP contribution in [-0.2, 0) is 0 Å². The van der Waals surface area contributed by atoms with Gasteiger partial charge in [-0.15, -0.1) is 0 Å². The number of likely N-dealkylation sites (tertiary alicyclic amines) is 1. The van der Waals surface area contributed by atoms with Crippen LogP contribution in [0.15, 0.2) is 34.9 Å². The summed E-state index contributed by atoms with van der Waals surface area (Å²) in [6.45, 7) is 2.93. The molecule has 0 aliphatic carbocycles. The van der Waals surface area contributed by atoms with Gasteiger partial charge in [0.25, 0.3) is 11.6 Å². The summed E-state index contributed by atoms with van der Waals surface area (Å²) in [4.78, 5) is 19.2. The van der Waals surface area contributed by atoms with Crippen LogP contribution in [0.2, 0.25) is 0 Å². The summed E-state index contributed by atoms with van der Waals surface area (Å²) < 4.78 is 18.5. The highest BCUT2D eigenvalue weighted by Gasteiger charge is 2.28. The Hall–Kier alpha value is -2.80. The lowest BCUT2D eigenvalue weighted by molar-refractivity contribution is 0.0792. The zero-order chi connectivity index (χ0) is 17.6. The van der Waals surface area contributed by atoms with Gasteiger partial charge in [0, 0.05) is 24.7 Å². The van der Waals surface area contributed by atoms with Gasteiger partial charge in [0.2, 0.25) is 0 Å². The van der Waals surface area contributed by atoms with Gasteiger partial charge < -0.3 is 15.2 Å². The lowest BCUT2D eigenvalue weighted by Crippen LogP contribution is -2.32. The monoisotopic (exact) mass is 340 g/mol. The fourth-order valence-electron chi connectivity index (χ4n) is 3.17. The smallest absolute Gasteiger partial charge is 0.259 e. The van der Waals surface area contributed by atoms with E-state index < -0.39 is 0 Å². The minimum absolute atomic E-state index is 0.00131. The fraction of sp³-hybridized carbons (Fsp3) is 0.278. The molecule has 3 heterocycles. The summed E-state index contributed by atoms with van der Waals surface area (Å²) in [5, 5.41) is 4.54. The molecule has 0 saturated carbocycles. The lowest BCUT2D eigenvalue weighted by Gasteiger charge is -2.16. The first-order valence-electron chi connectivity index (χ1n) is 8.11. The van der Waals surface area contributed by atoms with Gasteiger partial charge in [-0.1, -0.05) is 5.16 Å². The molecule has 25 heavy (non-hydrogen) atoms. The zero-order valence-corrected chi connectivity index (χ0v) is 13.7. The lowest BCUT2D eigenvalue weighted by atomic mass is 10.0. The molecule has 0 radical (unpaired) electrons. The van der Waals surface area contributed by atoms with Gasteiger partial charge in [-0.25, -0.2) is 9.37 Å². The fourth-order valence-corrected chi connectivity index (χ4v) is 3.17. The third kappa shape index (κ3) is 2.76. The van der Waals surface area contributed by atoms with Crippen LogP contribution in [0, 0.1) is 12.7 Å². The predicted octanol–water partition coefficient (Wildman–Crippen LogP) is 2.51. The van der Waals surface area contributed by atoms with Crippen molar-refractivity contribution in [2.24, 2.45) is 5.73 Å². The van der Waals surface area contributed by atoms with Crippen molar-refractivity contribution in [2.75, 3.05) is 13.1 Å². The highest BCUT2D eigenvalue weighted by atomic mass is 19.1.